The Morgan fingerprint density at radius 1 is 1.41 bits per heavy atom. The summed E-state index contributed by atoms with van der Waals surface area (Å²) < 4.78 is 4.99. The molecule has 1 rings (SSSR count). The Morgan fingerprint density at radius 3 is 2.32 bits per heavy atom. The van der Waals surface area contributed by atoms with Crippen LogP contribution in [0.25, 0.3) is 0 Å². The number of carbonyl (C=O) groups excluding carboxylic acids is 1. The fourth-order valence-electron chi connectivity index (χ4n) is 1.58. The van der Waals surface area contributed by atoms with Crippen LogP contribution in [0, 0.1) is 13.8 Å². The molecular formula is C16H24N2O4. The fraction of sp³-hybridized carbons (Fsp3) is 0.375. The number of para-hydroxylation sites is 1. The molecule has 0 bridgehead atoms. The largest absolute Gasteiger partial charge is 0.480 e. The van der Waals surface area contributed by atoms with Crippen LogP contribution in [0.2, 0.25) is 0 Å². The van der Waals surface area contributed by atoms with E-state index in [2.05, 4.69) is 17.6 Å². The highest BCUT2D eigenvalue weighted by Gasteiger charge is 2.15. The molecule has 0 aliphatic rings. The second-order valence-corrected chi connectivity index (χ2v) is 4.65. The maximum Gasteiger partial charge on any atom is 0.328 e. The molecule has 0 aromatic heterocycles. The minimum Gasteiger partial charge on any atom is -0.480 e. The fourth-order valence-corrected chi connectivity index (χ4v) is 1.58. The number of esters is 1. The summed E-state index contributed by atoms with van der Waals surface area (Å²) in [4.78, 5) is 20.8. The van der Waals surface area contributed by atoms with Crippen LogP contribution >= 0.6 is 0 Å². The van der Waals surface area contributed by atoms with E-state index in [9.17, 15) is 9.59 Å². The molecule has 0 saturated carbocycles. The van der Waals surface area contributed by atoms with Gasteiger partial charge >= 0.3 is 11.9 Å². The summed E-state index contributed by atoms with van der Waals surface area (Å²) in [6.07, 6.45) is 1.56. The van der Waals surface area contributed by atoms with E-state index in [1.54, 1.807) is 13.0 Å². The average Bonchev–Trinajstić information content (AvgIpc) is 2.48. The summed E-state index contributed by atoms with van der Waals surface area (Å²) in [6.45, 7) is 9.29. The van der Waals surface area contributed by atoms with Crippen LogP contribution in [0.4, 0.5) is 5.69 Å². The normalized spacial score (nSPS) is 10.7. The van der Waals surface area contributed by atoms with E-state index in [0.717, 1.165) is 16.8 Å². The van der Waals surface area contributed by atoms with Crippen molar-refractivity contribution < 1.29 is 19.4 Å². The number of carboxylic acid groups (broad SMARTS) is 1. The van der Waals surface area contributed by atoms with Crippen LogP contribution < -0.4 is 11.1 Å². The Morgan fingerprint density at radius 2 is 1.91 bits per heavy atom. The van der Waals surface area contributed by atoms with Gasteiger partial charge in [0.25, 0.3) is 0 Å². The Balaban J connectivity index is 0.000000763. The molecule has 0 spiro atoms. The van der Waals surface area contributed by atoms with Crippen LogP contribution in [-0.4, -0.2) is 36.2 Å². The van der Waals surface area contributed by atoms with E-state index in [-0.39, 0.29) is 25.2 Å². The zero-order chi connectivity index (χ0) is 17.1. The number of hydrogen-bond acceptors (Lipinski definition) is 5. The zero-order valence-corrected chi connectivity index (χ0v) is 13.3. The molecule has 4 N–H and O–H groups in total. The molecule has 1 atom stereocenters. The second kappa shape index (κ2) is 10.4. The van der Waals surface area contributed by atoms with Gasteiger partial charge in [0, 0.05) is 5.69 Å². The van der Waals surface area contributed by atoms with Crippen molar-refractivity contribution in [1.82, 2.24) is 0 Å². The Labute approximate surface area is 131 Å². The van der Waals surface area contributed by atoms with E-state index >= 15 is 0 Å². The molecule has 122 valence electrons. The molecule has 0 amide bonds. The molecule has 0 aliphatic carbocycles. The van der Waals surface area contributed by atoms with Crippen LogP contribution in [0.15, 0.2) is 30.9 Å². The van der Waals surface area contributed by atoms with Crippen molar-refractivity contribution in [2.75, 3.05) is 18.5 Å². The van der Waals surface area contributed by atoms with Gasteiger partial charge < -0.3 is 20.9 Å². The molecule has 6 heteroatoms. The van der Waals surface area contributed by atoms with Crippen molar-refractivity contribution in [3.05, 3.63) is 42.0 Å². The molecule has 0 heterocycles. The molecule has 0 radical (unpaired) electrons. The van der Waals surface area contributed by atoms with Gasteiger partial charge in [-0.15, -0.1) is 0 Å². The highest BCUT2D eigenvalue weighted by Crippen LogP contribution is 2.20. The Kier molecular flexibility index (Phi) is 9.29. The molecule has 0 aliphatic heterocycles. The van der Waals surface area contributed by atoms with Gasteiger partial charge in [0.2, 0.25) is 0 Å². The van der Waals surface area contributed by atoms with Crippen molar-refractivity contribution in [2.45, 2.75) is 26.8 Å². The molecule has 6 nitrogen and oxygen atoms in total. The minimum absolute atomic E-state index is 0.248. The number of hydrogen-bond donors (Lipinski definition) is 3. The van der Waals surface area contributed by atoms with Crippen LogP contribution in [-0.2, 0) is 14.3 Å². The minimum atomic E-state index is -0.968. The van der Waals surface area contributed by atoms with Crippen molar-refractivity contribution in [1.29, 1.82) is 0 Å². The highest BCUT2D eigenvalue weighted by atomic mass is 16.5. The standard InChI is InChI=1S/C14H19NO2.C2H5NO2/c1-5-9-17-14(16)12(4)15-13-10(2)7-6-8-11(13)3;3-1-2(4)5/h5-8,12,15H,1,9H2,2-4H3;1,3H2,(H,4,5)/t12-;/m0./s1. The molecule has 1 aromatic carbocycles. The van der Waals surface area contributed by atoms with E-state index < -0.39 is 5.97 Å². The Hall–Kier alpha value is -2.34. The van der Waals surface area contributed by atoms with Gasteiger partial charge in [-0.2, -0.15) is 0 Å². The number of anilines is 1. The third-order valence-electron chi connectivity index (χ3n) is 2.71. The van der Waals surface area contributed by atoms with Gasteiger partial charge in [0.05, 0.1) is 6.54 Å². The molecular weight excluding hydrogens is 284 g/mol. The van der Waals surface area contributed by atoms with E-state index in [1.807, 2.05) is 32.0 Å². The number of carbonyl (C=O) groups is 2. The van der Waals surface area contributed by atoms with E-state index in [4.69, 9.17) is 9.84 Å². The maximum atomic E-state index is 11.6. The zero-order valence-electron chi connectivity index (χ0n) is 13.3. The first kappa shape index (κ1) is 19.7. The van der Waals surface area contributed by atoms with Gasteiger partial charge in [-0.3, -0.25) is 4.79 Å². The third kappa shape index (κ3) is 7.44. The van der Waals surface area contributed by atoms with Gasteiger partial charge in [0.15, 0.2) is 0 Å². The van der Waals surface area contributed by atoms with Crippen LogP contribution in [0.5, 0.6) is 0 Å². The first-order valence-electron chi connectivity index (χ1n) is 6.85. The predicted molar refractivity (Wildman–Crippen MR) is 86.8 cm³/mol. The SMILES string of the molecule is C=CCOC(=O)[C@H](C)Nc1c(C)cccc1C.NCC(=O)O. The highest BCUT2D eigenvalue weighted by molar-refractivity contribution is 5.79. The van der Waals surface area contributed by atoms with E-state index in [0.29, 0.717) is 0 Å². The summed E-state index contributed by atoms with van der Waals surface area (Å²) >= 11 is 0. The number of aliphatic carboxylic acids is 1. The van der Waals surface area contributed by atoms with Crippen LogP contribution in [0.1, 0.15) is 18.1 Å². The molecule has 22 heavy (non-hydrogen) atoms. The summed E-state index contributed by atoms with van der Waals surface area (Å²) in [5.74, 6) is -1.24. The summed E-state index contributed by atoms with van der Waals surface area (Å²) in [7, 11) is 0. The average molecular weight is 308 g/mol. The predicted octanol–water partition coefficient (Wildman–Crippen LogP) is 1.86. The lowest BCUT2D eigenvalue weighted by Crippen LogP contribution is -2.28. The molecule has 0 fully saturated rings. The second-order valence-electron chi connectivity index (χ2n) is 4.65. The van der Waals surface area contributed by atoms with Crippen molar-refractivity contribution in [2.24, 2.45) is 5.73 Å². The summed E-state index contributed by atoms with van der Waals surface area (Å²) in [5, 5.41) is 10.8. The van der Waals surface area contributed by atoms with Crippen molar-refractivity contribution in [3.63, 3.8) is 0 Å². The van der Waals surface area contributed by atoms with Gasteiger partial charge in [-0.25, -0.2) is 4.79 Å². The van der Waals surface area contributed by atoms with Crippen molar-refractivity contribution in [3.8, 4) is 0 Å². The maximum absolute atomic E-state index is 11.6. The lowest BCUT2D eigenvalue weighted by molar-refractivity contribution is -0.143. The van der Waals surface area contributed by atoms with Crippen molar-refractivity contribution >= 4 is 17.6 Å². The number of nitrogens with one attached hydrogen (secondary N) is 1. The number of aryl methyl sites for hydroxylation is 2. The number of ether oxygens (including phenoxy) is 1. The molecule has 0 unspecified atom stereocenters. The monoisotopic (exact) mass is 308 g/mol. The number of rotatable bonds is 6. The molecule has 0 saturated heterocycles. The third-order valence-corrected chi connectivity index (χ3v) is 2.71. The van der Waals surface area contributed by atoms with Gasteiger partial charge in [0.1, 0.15) is 12.6 Å². The smallest absolute Gasteiger partial charge is 0.328 e. The van der Waals surface area contributed by atoms with Gasteiger partial charge in [-0.1, -0.05) is 30.9 Å². The summed E-state index contributed by atoms with van der Waals surface area (Å²) in [6, 6.07) is 5.65. The number of benzene rings is 1. The lowest BCUT2D eigenvalue weighted by atomic mass is 10.1. The van der Waals surface area contributed by atoms with Gasteiger partial charge in [-0.05, 0) is 31.9 Å². The molecule has 1 aromatic rings. The number of carboxylic acids is 1. The van der Waals surface area contributed by atoms with E-state index in [1.165, 1.54) is 0 Å². The first-order valence-corrected chi connectivity index (χ1v) is 6.85. The quantitative estimate of drug-likeness (QED) is 0.548. The lowest BCUT2D eigenvalue weighted by Gasteiger charge is -2.17. The topological polar surface area (TPSA) is 102 Å². The summed E-state index contributed by atoms with van der Waals surface area (Å²) in [5.41, 5.74) is 7.81. The number of nitrogens with two attached hydrogens (primary N) is 1. The van der Waals surface area contributed by atoms with Crippen LogP contribution in [0.3, 0.4) is 0 Å². The Bertz CT molecular complexity index is 495. The first-order chi connectivity index (χ1) is 10.3.